The molecule has 4 N–H and O–H groups in total. The third-order valence-electron chi connectivity index (χ3n) is 9.01. The molecule has 0 radical (unpaired) electrons. The topological polar surface area (TPSA) is 182 Å². The number of hydrogen-bond acceptors (Lipinski definition) is 11. The van der Waals surface area contributed by atoms with Gasteiger partial charge in [-0.3, -0.25) is 14.5 Å². The van der Waals surface area contributed by atoms with Gasteiger partial charge in [-0.25, -0.2) is 14.8 Å². The first-order valence-corrected chi connectivity index (χ1v) is 14.6. The highest BCUT2D eigenvalue weighted by Crippen LogP contribution is 2.38. The van der Waals surface area contributed by atoms with Crippen molar-refractivity contribution < 1.29 is 29.0 Å². The molecule has 5 heterocycles. The van der Waals surface area contributed by atoms with Crippen molar-refractivity contribution in [2.75, 3.05) is 54.9 Å². The maximum Gasteiger partial charge on any atom is 0.416 e. The predicted molar refractivity (Wildman–Crippen MR) is 151 cm³/mol. The highest BCUT2D eigenvalue weighted by Gasteiger charge is 2.48. The summed E-state index contributed by atoms with van der Waals surface area (Å²) >= 11 is 0. The van der Waals surface area contributed by atoms with E-state index in [-0.39, 0.29) is 30.1 Å². The normalized spacial score (nSPS) is 25.9. The number of anilines is 3. The second-order valence-corrected chi connectivity index (χ2v) is 12.0. The zero-order valence-electron chi connectivity index (χ0n) is 23.5. The van der Waals surface area contributed by atoms with Crippen molar-refractivity contribution in [1.29, 1.82) is 5.26 Å². The van der Waals surface area contributed by atoms with Crippen molar-refractivity contribution in [3.8, 4) is 11.9 Å². The number of benzene rings is 1. The number of rotatable bonds is 5. The van der Waals surface area contributed by atoms with Crippen molar-refractivity contribution in [1.82, 2.24) is 20.2 Å². The van der Waals surface area contributed by atoms with E-state index in [9.17, 15) is 24.8 Å². The quantitative estimate of drug-likeness (QED) is 0.383. The van der Waals surface area contributed by atoms with Gasteiger partial charge in [0.1, 0.15) is 5.60 Å². The van der Waals surface area contributed by atoms with Gasteiger partial charge in [0.15, 0.2) is 18.2 Å². The minimum atomic E-state index is -0.616. The van der Waals surface area contributed by atoms with Crippen molar-refractivity contribution in [2.45, 2.75) is 49.9 Å². The van der Waals surface area contributed by atoms with E-state index in [0.717, 1.165) is 43.6 Å². The summed E-state index contributed by atoms with van der Waals surface area (Å²) in [5.41, 5.74) is 2.70. The number of aromatic nitrogens is 2. The molecule has 2 aromatic rings. The number of likely N-dealkylation sites (tertiary alicyclic amines) is 1. The first-order valence-electron chi connectivity index (χ1n) is 14.6. The van der Waals surface area contributed by atoms with E-state index in [1.54, 1.807) is 6.07 Å². The lowest BCUT2D eigenvalue weighted by Crippen LogP contribution is -2.48. The Morgan fingerprint density at radius 3 is 2.86 bits per heavy atom. The van der Waals surface area contributed by atoms with Gasteiger partial charge in [-0.1, -0.05) is 0 Å². The average molecular weight is 589 g/mol. The summed E-state index contributed by atoms with van der Waals surface area (Å²) in [5, 5.41) is 28.1. The molecule has 1 spiro atoms. The Morgan fingerprint density at radius 1 is 1.26 bits per heavy atom. The molecule has 1 aromatic carbocycles. The molecule has 3 atom stereocenters. The van der Waals surface area contributed by atoms with Crippen LogP contribution in [0.3, 0.4) is 0 Å². The van der Waals surface area contributed by atoms with Gasteiger partial charge in [0.05, 0.1) is 36.5 Å². The van der Waals surface area contributed by atoms with Crippen LogP contribution in [0.25, 0.3) is 0 Å². The SMILES string of the molecule is N#Cc1cc(NC(=O)[C@@H]2C[C@@H](O)CN2)cc2c1CC(CN1CCC3(CC1)CN(c1cnc4c(n1)NC(=O)CO4)C(=O)O3)C2. The Labute approximate surface area is 247 Å². The second-order valence-electron chi connectivity index (χ2n) is 12.0. The van der Waals surface area contributed by atoms with Crippen LogP contribution in [0, 0.1) is 17.2 Å². The van der Waals surface area contributed by atoms with Crippen molar-refractivity contribution in [3.05, 3.63) is 35.0 Å². The number of nitriles is 1. The van der Waals surface area contributed by atoms with E-state index in [4.69, 9.17) is 9.47 Å². The van der Waals surface area contributed by atoms with Crippen LogP contribution < -0.4 is 25.6 Å². The van der Waals surface area contributed by atoms with Gasteiger partial charge in [0.25, 0.3) is 11.8 Å². The van der Waals surface area contributed by atoms with Crippen LogP contribution in [-0.2, 0) is 27.2 Å². The lowest BCUT2D eigenvalue weighted by atomic mass is 9.90. The molecule has 7 rings (SSSR count). The Morgan fingerprint density at radius 2 is 2.09 bits per heavy atom. The van der Waals surface area contributed by atoms with E-state index >= 15 is 0 Å². The molecule has 14 nitrogen and oxygen atoms in total. The molecule has 0 bridgehead atoms. The fraction of sp³-hybridized carbons (Fsp3) is 0.517. The van der Waals surface area contributed by atoms with Crippen LogP contribution in [0.4, 0.5) is 22.1 Å². The molecule has 3 amide bonds. The number of ether oxygens (including phenoxy) is 2. The highest BCUT2D eigenvalue weighted by atomic mass is 16.6. The molecule has 14 heteroatoms. The highest BCUT2D eigenvalue weighted by molar-refractivity contribution is 5.96. The summed E-state index contributed by atoms with van der Waals surface area (Å²) < 4.78 is 11.2. The standard InChI is InChI=1S/C29H32N8O6/c30-10-18-8-19(33-26(40)22-9-20(38)11-31-22)7-17-5-16(6-21(17)18)13-36-3-1-29(2-4-36)15-37(28(41)43-29)23-12-32-27-25(34-23)35-24(39)14-42-27/h7-8,12,16,20,22,31,38H,1-6,9,11,13-15H2,(H,33,40)(H,34,35,39)/t16?,20-,22+/m1/s1. The summed E-state index contributed by atoms with van der Waals surface area (Å²) in [7, 11) is 0. The molecular formula is C29H32N8O6. The Bertz CT molecular complexity index is 1530. The number of fused-ring (bicyclic) bond motifs is 2. The number of aliphatic hydroxyl groups excluding tert-OH is 1. The van der Waals surface area contributed by atoms with E-state index in [1.807, 2.05) is 6.07 Å². The van der Waals surface area contributed by atoms with Crippen LogP contribution in [0.15, 0.2) is 18.3 Å². The fourth-order valence-corrected chi connectivity index (χ4v) is 6.83. The van der Waals surface area contributed by atoms with Crippen molar-refractivity contribution in [2.24, 2.45) is 5.92 Å². The van der Waals surface area contributed by atoms with Crippen molar-refractivity contribution in [3.63, 3.8) is 0 Å². The Balaban J connectivity index is 0.953. The van der Waals surface area contributed by atoms with Crippen LogP contribution in [0.1, 0.15) is 36.0 Å². The maximum absolute atomic E-state index is 12.8. The first kappa shape index (κ1) is 27.5. The van der Waals surface area contributed by atoms with Gasteiger partial charge in [-0.05, 0) is 48.4 Å². The molecular weight excluding hydrogens is 556 g/mol. The molecule has 5 aliphatic rings. The Kier molecular flexibility index (Phi) is 6.88. The summed E-state index contributed by atoms with van der Waals surface area (Å²) in [6.45, 7) is 3.01. The number of amides is 3. The van der Waals surface area contributed by atoms with Crippen LogP contribution in [-0.4, -0.2) is 95.0 Å². The van der Waals surface area contributed by atoms with Crippen LogP contribution in [0.2, 0.25) is 0 Å². The number of hydrogen-bond donors (Lipinski definition) is 4. The minimum Gasteiger partial charge on any atom is -0.465 e. The average Bonchev–Trinajstić information content (AvgIpc) is 3.70. The number of carbonyl (C=O) groups is 3. The number of carbonyl (C=O) groups excluding carboxylic acids is 3. The summed E-state index contributed by atoms with van der Waals surface area (Å²) in [6, 6.07) is 5.57. The first-order chi connectivity index (χ1) is 20.8. The zero-order valence-corrected chi connectivity index (χ0v) is 23.5. The van der Waals surface area contributed by atoms with Gasteiger partial charge >= 0.3 is 6.09 Å². The minimum absolute atomic E-state index is 0.122. The van der Waals surface area contributed by atoms with Crippen LogP contribution >= 0.6 is 0 Å². The summed E-state index contributed by atoms with van der Waals surface area (Å²) in [4.78, 5) is 49.6. The number of piperidine rings is 1. The fourth-order valence-electron chi connectivity index (χ4n) is 6.83. The summed E-state index contributed by atoms with van der Waals surface area (Å²) in [6.07, 6.45) is 3.78. The smallest absolute Gasteiger partial charge is 0.416 e. The van der Waals surface area contributed by atoms with Crippen molar-refractivity contribution >= 4 is 35.2 Å². The van der Waals surface area contributed by atoms with Gasteiger partial charge in [-0.15, -0.1) is 0 Å². The summed E-state index contributed by atoms with van der Waals surface area (Å²) in [5.74, 6) is 0.514. The molecule has 0 saturated carbocycles. The molecule has 1 unspecified atom stereocenters. The number of β-amino-alcohol motifs (C(OH)–C–C–N with tert-alkyl or cyclic N) is 1. The molecule has 43 heavy (non-hydrogen) atoms. The molecule has 1 aliphatic carbocycles. The van der Waals surface area contributed by atoms with Gasteiger partial charge in [0.2, 0.25) is 5.91 Å². The lowest BCUT2D eigenvalue weighted by molar-refractivity contribution is -0.119. The van der Waals surface area contributed by atoms with Gasteiger partial charge in [0, 0.05) is 44.7 Å². The third kappa shape index (κ3) is 5.35. The van der Waals surface area contributed by atoms with E-state index in [2.05, 4.69) is 36.9 Å². The van der Waals surface area contributed by atoms with Gasteiger partial charge < -0.3 is 35.4 Å². The number of nitrogens with one attached hydrogen (secondary N) is 3. The Hall–Kier alpha value is -4.32. The molecule has 1 aromatic heterocycles. The van der Waals surface area contributed by atoms with E-state index in [1.165, 1.54) is 11.1 Å². The van der Waals surface area contributed by atoms with E-state index in [0.29, 0.717) is 55.3 Å². The predicted octanol–water partition coefficient (Wildman–Crippen LogP) is 0.547. The lowest BCUT2D eigenvalue weighted by Gasteiger charge is -2.38. The molecule has 3 saturated heterocycles. The number of aliphatic hydroxyl groups is 1. The zero-order chi connectivity index (χ0) is 29.7. The monoisotopic (exact) mass is 588 g/mol. The third-order valence-corrected chi connectivity index (χ3v) is 9.01. The van der Waals surface area contributed by atoms with E-state index < -0.39 is 23.8 Å². The number of nitrogens with zero attached hydrogens (tertiary/aromatic N) is 5. The maximum atomic E-state index is 12.8. The second kappa shape index (κ2) is 10.7. The largest absolute Gasteiger partial charge is 0.465 e. The molecule has 4 aliphatic heterocycles. The molecule has 3 fully saturated rings. The van der Waals surface area contributed by atoms with Gasteiger partial charge in [-0.2, -0.15) is 5.26 Å². The molecule has 224 valence electrons. The van der Waals surface area contributed by atoms with Crippen LogP contribution in [0.5, 0.6) is 5.88 Å².